The topological polar surface area (TPSA) is 67.2 Å². The third kappa shape index (κ3) is 1.09. The smallest absolute Gasteiger partial charge is 0.323 e. The number of nitrogens with one attached hydrogen (secondary N) is 1. The van der Waals surface area contributed by atoms with E-state index >= 15 is 0 Å². The van der Waals surface area contributed by atoms with Gasteiger partial charge in [0.25, 0.3) is 5.91 Å². The minimum atomic E-state index is -0.592. The number of urea groups is 1. The molecule has 0 unspecified atom stereocenters. The summed E-state index contributed by atoms with van der Waals surface area (Å²) in [6.07, 6.45) is 4.74. The molecule has 0 aromatic carbocycles. The van der Waals surface area contributed by atoms with Gasteiger partial charge in [-0.15, -0.1) is 0 Å². The number of amides is 3. The minimum absolute atomic E-state index is 0.145. The summed E-state index contributed by atoms with van der Waals surface area (Å²) >= 11 is 0. The van der Waals surface area contributed by atoms with Gasteiger partial charge in [0.1, 0.15) is 5.54 Å². The van der Waals surface area contributed by atoms with Crippen molar-refractivity contribution in [3.8, 4) is 0 Å². The Kier molecular flexibility index (Phi) is 1.66. The van der Waals surface area contributed by atoms with Crippen LogP contribution in [0.4, 0.5) is 10.5 Å². The van der Waals surface area contributed by atoms with Crippen LogP contribution in [-0.4, -0.2) is 27.3 Å². The highest BCUT2D eigenvalue weighted by molar-refractivity contribution is 6.24. The highest BCUT2D eigenvalue weighted by Gasteiger charge is 2.60. The van der Waals surface area contributed by atoms with Gasteiger partial charge < -0.3 is 5.32 Å². The molecule has 0 atom stereocenters. The first-order valence-corrected chi connectivity index (χ1v) is 5.35. The lowest BCUT2D eigenvalue weighted by Crippen LogP contribution is -2.32. The Morgan fingerprint density at radius 2 is 2.25 bits per heavy atom. The lowest BCUT2D eigenvalue weighted by molar-refractivity contribution is -0.119. The second-order valence-electron chi connectivity index (χ2n) is 4.21. The second kappa shape index (κ2) is 2.84. The second-order valence-corrected chi connectivity index (χ2v) is 4.21. The normalized spacial score (nSPS) is 21.7. The summed E-state index contributed by atoms with van der Waals surface area (Å²) in [7, 11) is 0. The van der Waals surface area contributed by atoms with Crippen LogP contribution in [0.1, 0.15) is 19.8 Å². The summed E-state index contributed by atoms with van der Waals surface area (Å²) < 4.78 is 1.69. The average Bonchev–Trinajstić information content (AvgIpc) is 2.81. The third-order valence-electron chi connectivity index (χ3n) is 3.11. The Balaban J connectivity index is 1.94. The van der Waals surface area contributed by atoms with Crippen molar-refractivity contribution in [2.24, 2.45) is 0 Å². The highest BCUT2D eigenvalue weighted by Crippen LogP contribution is 2.42. The first kappa shape index (κ1) is 9.38. The molecule has 1 saturated heterocycles. The lowest BCUT2D eigenvalue weighted by Gasteiger charge is -2.08. The van der Waals surface area contributed by atoms with Crippen LogP contribution in [0.15, 0.2) is 12.4 Å². The van der Waals surface area contributed by atoms with Crippen molar-refractivity contribution in [3.63, 3.8) is 0 Å². The van der Waals surface area contributed by atoms with E-state index < -0.39 is 5.54 Å². The molecule has 2 heterocycles. The maximum atomic E-state index is 12.0. The number of anilines is 1. The molecule has 16 heavy (non-hydrogen) atoms. The largest absolute Gasteiger partial charge is 0.329 e. The van der Waals surface area contributed by atoms with E-state index in [2.05, 4.69) is 10.4 Å². The van der Waals surface area contributed by atoms with Crippen LogP contribution in [-0.2, 0) is 11.3 Å². The summed E-state index contributed by atoms with van der Waals surface area (Å²) in [5, 5.41) is 6.79. The predicted molar refractivity (Wildman–Crippen MR) is 55.9 cm³/mol. The first-order valence-electron chi connectivity index (χ1n) is 5.35. The van der Waals surface area contributed by atoms with Crippen molar-refractivity contribution in [2.45, 2.75) is 31.8 Å². The molecule has 6 nitrogen and oxygen atoms in total. The number of aromatic nitrogens is 2. The molecule has 1 aromatic rings. The van der Waals surface area contributed by atoms with Gasteiger partial charge in [-0.25, -0.2) is 9.69 Å². The molecule has 6 heteroatoms. The van der Waals surface area contributed by atoms with Crippen molar-refractivity contribution >= 4 is 17.6 Å². The Labute approximate surface area is 92.2 Å². The summed E-state index contributed by atoms with van der Waals surface area (Å²) in [6, 6.07) is -0.335. The first-order chi connectivity index (χ1) is 7.66. The fourth-order valence-electron chi connectivity index (χ4n) is 1.96. The van der Waals surface area contributed by atoms with Crippen LogP contribution in [0.3, 0.4) is 0 Å². The number of nitrogens with zero attached hydrogens (tertiary/aromatic N) is 3. The molecular formula is C10H12N4O2. The molecule has 84 valence electrons. The lowest BCUT2D eigenvalue weighted by atomic mass is 10.3. The van der Waals surface area contributed by atoms with Crippen molar-refractivity contribution in [3.05, 3.63) is 12.4 Å². The maximum Gasteiger partial charge on any atom is 0.329 e. The molecule has 1 spiro atoms. The van der Waals surface area contributed by atoms with Gasteiger partial charge in [0.2, 0.25) is 0 Å². The molecule has 1 saturated carbocycles. The third-order valence-corrected chi connectivity index (χ3v) is 3.11. The standard InChI is InChI=1S/C10H12N4O2/c1-2-13-6-7(5-11-13)14-8(15)10(3-4-10)12-9(14)16/h5-6H,2-4H2,1H3,(H,12,16). The van der Waals surface area contributed by atoms with Crippen molar-refractivity contribution in [1.29, 1.82) is 0 Å². The van der Waals surface area contributed by atoms with Gasteiger partial charge in [-0.2, -0.15) is 5.10 Å². The fourth-order valence-corrected chi connectivity index (χ4v) is 1.96. The molecule has 1 aliphatic carbocycles. The molecule has 1 N–H and O–H groups in total. The van der Waals surface area contributed by atoms with E-state index in [1.165, 1.54) is 4.90 Å². The van der Waals surface area contributed by atoms with Crippen molar-refractivity contribution in [2.75, 3.05) is 4.90 Å². The van der Waals surface area contributed by atoms with Crippen molar-refractivity contribution < 1.29 is 9.59 Å². The SMILES string of the molecule is CCn1cc(N2C(=O)NC3(CC3)C2=O)cn1. The summed E-state index contributed by atoms with van der Waals surface area (Å²) in [5.74, 6) is -0.145. The zero-order chi connectivity index (χ0) is 11.3. The summed E-state index contributed by atoms with van der Waals surface area (Å²) in [5.41, 5.74) is -0.0427. The fraction of sp³-hybridized carbons (Fsp3) is 0.500. The molecule has 3 amide bonds. The summed E-state index contributed by atoms with van der Waals surface area (Å²) in [4.78, 5) is 24.9. The van der Waals surface area contributed by atoms with E-state index in [0.29, 0.717) is 5.69 Å². The van der Waals surface area contributed by atoms with E-state index in [9.17, 15) is 9.59 Å². The molecule has 1 aromatic heterocycles. The van der Waals surface area contributed by atoms with Crippen LogP contribution < -0.4 is 10.2 Å². The van der Waals surface area contributed by atoms with Gasteiger partial charge >= 0.3 is 6.03 Å². The quantitative estimate of drug-likeness (QED) is 0.737. The number of rotatable bonds is 2. The Morgan fingerprint density at radius 3 is 2.75 bits per heavy atom. The Bertz CT molecular complexity index is 475. The van der Waals surface area contributed by atoms with Crippen LogP contribution in [0, 0.1) is 0 Å². The molecule has 0 bridgehead atoms. The van der Waals surface area contributed by atoms with Gasteiger partial charge in [0.05, 0.1) is 11.9 Å². The zero-order valence-electron chi connectivity index (χ0n) is 8.93. The van der Waals surface area contributed by atoms with Gasteiger partial charge in [0, 0.05) is 12.7 Å². The van der Waals surface area contributed by atoms with Gasteiger partial charge in [-0.3, -0.25) is 9.48 Å². The Hall–Kier alpha value is -1.85. The van der Waals surface area contributed by atoms with Gasteiger partial charge in [0.15, 0.2) is 0 Å². The van der Waals surface area contributed by atoms with Crippen LogP contribution in [0.2, 0.25) is 0 Å². The number of carbonyl (C=O) groups is 2. The zero-order valence-corrected chi connectivity index (χ0v) is 8.93. The number of carbonyl (C=O) groups excluding carboxylic acids is 2. The number of aryl methyl sites for hydroxylation is 1. The molecule has 0 radical (unpaired) electrons. The van der Waals surface area contributed by atoms with Crippen LogP contribution in [0.25, 0.3) is 0 Å². The van der Waals surface area contributed by atoms with Crippen LogP contribution >= 0.6 is 0 Å². The summed E-state index contributed by atoms with van der Waals surface area (Å²) in [6.45, 7) is 2.67. The van der Waals surface area contributed by atoms with E-state index in [1.54, 1.807) is 17.1 Å². The van der Waals surface area contributed by atoms with Crippen LogP contribution in [0.5, 0.6) is 0 Å². The number of hydrogen-bond donors (Lipinski definition) is 1. The molecular weight excluding hydrogens is 208 g/mol. The number of hydrogen-bond acceptors (Lipinski definition) is 3. The molecule has 1 aliphatic heterocycles. The van der Waals surface area contributed by atoms with Crippen molar-refractivity contribution in [1.82, 2.24) is 15.1 Å². The minimum Gasteiger partial charge on any atom is -0.323 e. The Morgan fingerprint density at radius 1 is 1.50 bits per heavy atom. The number of imide groups is 1. The highest BCUT2D eigenvalue weighted by atomic mass is 16.2. The predicted octanol–water partition coefficient (Wildman–Crippen LogP) is 0.492. The molecule has 2 fully saturated rings. The molecule has 2 aliphatic rings. The van der Waals surface area contributed by atoms with Gasteiger partial charge in [-0.05, 0) is 19.8 Å². The van der Waals surface area contributed by atoms with E-state index in [-0.39, 0.29) is 11.9 Å². The van der Waals surface area contributed by atoms with E-state index in [1.807, 2.05) is 6.92 Å². The molecule has 3 rings (SSSR count). The monoisotopic (exact) mass is 220 g/mol. The maximum absolute atomic E-state index is 12.0. The average molecular weight is 220 g/mol. The van der Waals surface area contributed by atoms with E-state index in [4.69, 9.17) is 0 Å². The van der Waals surface area contributed by atoms with Gasteiger partial charge in [-0.1, -0.05) is 0 Å². The van der Waals surface area contributed by atoms with E-state index in [0.717, 1.165) is 19.4 Å².